The number of aryl methyl sites for hydroxylation is 1. The second-order valence-corrected chi connectivity index (χ2v) is 6.19. The molecule has 0 aliphatic carbocycles. The van der Waals surface area contributed by atoms with Crippen LogP contribution in [0.1, 0.15) is 23.1 Å². The summed E-state index contributed by atoms with van der Waals surface area (Å²) in [7, 11) is -3.84. The van der Waals surface area contributed by atoms with E-state index in [1.165, 1.54) is 11.0 Å². The molecule has 9 heteroatoms. The van der Waals surface area contributed by atoms with Crippen LogP contribution in [0, 0.1) is 5.82 Å². The number of halogens is 1. The SMILES string of the molecule is CCn1ncnc1CS(=O)(=O)c1ccc(F)c(C(=O)O)c1. The zero-order valence-corrected chi connectivity index (χ0v) is 11.8. The molecule has 1 heterocycles. The zero-order chi connectivity index (χ0) is 15.6. The van der Waals surface area contributed by atoms with Gasteiger partial charge in [-0.1, -0.05) is 0 Å². The Morgan fingerprint density at radius 2 is 2.14 bits per heavy atom. The van der Waals surface area contributed by atoms with Crippen LogP contribution in [0.15, 0.2) is 29.4 Å². The van der Waals surface area contributed by atoms with Crippen LogP contribution in [0.4, 0.5) is 4.39 Å². The van der Waals surface area contributed by atoms with Gasteiger partial charge in [-0.05, 0) is 25.1 Å². The van der Waals surface area contributed by atoms with Crippen molar-refractivity contribution in [3.8, 4) is 0 Å². The number of aromatic nitrogens is 3. The largest absolute Gasteiger partial charge is 0.478 e. The van der Waals surface area contributed by atoms with Gasteiger partial charge in [-0.2, -0.15) is 5.10 Å². The third kappa shape index (κ3) is 3.07. The van der Waals surface area contributed by atoms with Crippen molar-refractivity contribution < 1.29 is 22.7 Å². The van der Waals surface area contributed by atoms with Gasteiger partial charge >= 0.3 is 5.97 Å². The predicted molar refractivity (Wildman–Crippen MR) is 69.9 cm³/mol. The number of carbonyl (C=O) groups is 1. The molecule has 7 nitrogen and oxygen atoms in total. The van der Waals surface area contributed by atoms with E-state index in [1.807, 2.05) is 0 Å². The Hall–Kier alpha value is -2.29. The van der Waals surface area contributed by atoms with Gasteiger partial charge in [0.15, 0.2) is 9.84 Å². The third-order valence-corrected chi connectivity index (χ3v) is 4.45. The van der Waals surface area contributed by atoms with Crippen molar-refractivity contribution in [2.45, 2.75) is 24.1 Å². The molecular formula is C12H12FN3O4S. The highest BCUT2D eigenvalue weighted by molar-refractivity contribution is 7.90. The summed E-state index contributed by atoms with van der Waals surface area (Å²) in [6.07, 6.45) is 1.24. The van der Waals surface area contributed by atoms with Crippen LogP contribution < -0.4 is 0 Å². The highest BCUT2D eigenvalue weighted by Gasteiger charge is 2.22. The first-order chi connectivity index (χ1) is 9.85. The van der Waals surface area contributed by atoms with Crippen LogP contribution in [-0.4, -0.2) is 34.3 Å². The Bertz CT molecular complexity index is 786. The Balaban J connectivity index is 2.40. The number of hydrogen-bond donors (Lipinski definition) is 1. The van der Waals surface area contributed by atoms with Crippen LogP contribution in [0.3, 0.4) is 0 Å². The van der Waals surface area contributed by atoms with Crippen LogP contribution in [-0.2, 0) is 22.1 Å². The van der Waals surface area contributed by atoms with Crippen LogP contribution in [0.25, 0.3) is 0 Å². The topological polar surface area (TPSA) is 102 Å². The summed E-state index contributed by atoms with van der Waals surface area (Å²) in [5.74, 6) is -2.72. The maximum absolute atomic E-state index is 13.3. The molecule has 1 aromatic heterocycles. The second-order valence-electron chi connectivity index (χ2n) is 4.20. The highest BCUT2D eigenvalue weighted by atomic mass is 32.2. The van der Waals surface area contributed by atoms with E-state index in [1.54, 1.807) is 6.92 Å². The first-order valence-electron chi connectivity index (χ1n) is 5.97. The number of benzene rings is 1. The summed E-state index contributed by atoms with van der Waals surface area (Å²) in [6.45, 7) is 2.24. The molecule has 0 fully saturated rings. The molecule has 0 atom stereocenters. The average molecular weight is 313 g/mol. The van der Waals surface area contributed by atoms with Crippen molar-refractivity contribution in [2.75, 3.05) is 0 Å². The molecule has 0 spiro atoms. The van der Waals surface area contributed by atoms with E-state index in [4.69, 9.17) is 5.11 Å². The molecule has 1 N–H and O–H groups in total. The number of hydrogen-bond acceptors (Lipinski definition) is 5. The van der Waals surface area contributed by atoms with Gasteiger partial charge in [0.05, 0.1) is 10.5 Å². The summed E-state index contributed by atoms with van der Waals surface area (Å²) in [6, 6.07) is 2.66. The van der Waals surface area contributed by atoms with Crippen molar-refractivity contribution in [3.05, 3.63) is 41.7 Å². The zero-order valence-electron chi connectivity index (χ0n) is 11.0. The number of carboxylic acid groups (broad SMARTS) is 1. The third-order valence-electron chi connectivity index (χ3n) is 2.84. The summed E-state index contributed by atoms with van der Waals surface area (Å²) in [4.78, 5) is 14.4. The Kier molecular flexibility index (Phi) is 4.03. The molecule has 0 saturated carbocycles. The van der Waals surface area contributed by atoms with E-state index in [-0.39, 0.29) is 10.7 Å². The Labute approximate surface area is 120 Å². The van der Waals surface area contributed by atoms with Gasteiger partial charge in [-0.25, -0.2) is 27.3 Å². The first kappa shape index (κ1) is 15.1. The molecule has 0 unspecified atom stereocenters. The standard InChI is InChI=1S/C12H12FN3O4S/c1-2-16-11(14-7-15-16)6-21(19,20)8-3-4-10(13)9(5-8)12(17)18/h3-5,7H,2,6H2,1H3,(H,17,18). The van der Waals surface area contributed by atoms with Crippen molar-refractivity contribution >= 4 is 15.8 Å². The maximum Gasteiger partial charge on any atom is 0.338 e. The summed E-state index contributed by atoms with van der Waals surface area (Å²) >= 11 is 0. The van der Waals surface area contributed by atoms with Gasteiger partial charge in [0.25, 0.3) is 0 Å². The number of sulfone groups is 1. The van der Waals surface area contributed by atoms with Crippen molar-refractivity contribution in [1.29, 1.82) is 0 Å². The van der Waals surface area contributed by atoms with Crippen molar-refractivity contribution in [2.24, 2.45) is 0 Å². The molecule has 112 valence electrons. The molecule has 0 aliphatic heterocycles. The van der Waals surface area contributed by atoms with Gasteiger partial charge in [0.2, 0.25) is 0 Å². The number of rotatable bonds is 5. The lowest BCUT2D eigenvalue weighted by atomic mass is 10.2. The fourth-order valence-electron chi connectivity index (χ4n) is 1.78. The van der Waals surface area contributed by atoms with E-state index in [2.05, 4.69) is 10.1 Å². The lowest BCUT2D eigenvalue weighted by molar-refractivity contribution is 0.0691. The monoisotopic (exact) mass is 313 g/mol. The summed E-state index contributed by atoms with van der Waals surface area (Å²) < 4.78 is 39.2. The van der Waals surface area contributed by atoms with E-state index in [9.17, 15) is 17.6 Å². The Morgan fingerprint density at radius 1 is 1.43 bits per heavy atom. The van der Waals surface area contributed by atoms with E-state index < -0.39 is 32.9 Å². The van der Waals surface area contributed by atoms with Crippen LogP contribution in [0.2, 0.25) is 0 Å². The van der Waals surface area contributed by atoms with E-state index in [0.29, 0.717) is 6.54 Å². The molecule has 0 aliphatic rings. The average Bonchev–Trinajstić information content (AvgIpc) is 2.85. The number of nitrogens with zero attached hydrogens (tertiary/aromatic N) is 3. The number of aromatic carboxylic acids is 1. The lowest BCUT2D eigenvalue weighted by Crippen LogP contribution is -2.12. The van der Waals surface area contributed by atoms with E-state index >= 15 is 0 Å². The molecular weight excluding hydrogens is 301 g/mol. The smallest absolute Gasteiger partial charge is 0.338 e. The molecule has 0 bridgehead atoms. The number of carboxylic acids is 1. The molecule has 2 rings (SSSR count). The molecule has 0 saturated heterocycles. The molecule has 0 amide bonds. The minimum absolute atomic E-state index is 0.235. The summed E-state index contributed by atoms with van der Waals surface area (Å²) in [5.41, 5.74) is -0.687. The van der Waals surface area contributed by atoms with Crippen molar-refractivity contribution in [3.63, 3.8) is 0 Å². The fraction of sp³-hybridized carbons (Fsp3) is 0.250. The fourth-order valence-corrected chi connectivity index (χ4v) is 3.08. The van der Waals surface area contributed by atoms with E-state index in [0.717, 1.165) is 18.2 Å². The second kappa shape index (κ2) is 5.60. The summed E-state index contributed by atoms with van der Waals surface area (Å²) in [5, 5.41) is 12.7. The molecule has 0 radical (unpaired) electrons. The molecule has 2 aromatic rings. The van der Waals surface area contributed by atoms with Crippen LogP contribution in [0.5, 0.6) is 0 Å². The lowest BCUT2D eigenvalue weighted by Gasteiger charge is -2.06. The van der Waals surface area contributed by atoms with Crippen molar-refractivity contribution in [1.82, 2.24) is 14.8 Å². The van der Waals surface area contributed by atoms with Gasteiger partial charge in [-0.15, -0.1) is 0 Å². The van der Waals surface area contributed by atoms with Gasteiger partial charge in [-0.3, -0.25) is 0 Å². The minimum atomic E-state index is -3.84. The normalized spacial score (nSPS) is 11.5. The van der Waals surface area contributed by atoms with Gasteiger partial charge < -0.3 is 5.11 Å². The highest BCUT2D eigenvalue weighted by Crippen LogP contribution is 2.19. The first-order valence-corrected chi connectivity index (χ1v) is 7.62. The minimum Gasteiger partial charge on any atom is -0.478 e. The predicted octanol–water partition coefficient (Wildman–Crippen LogP) is 1.11. The quantitative estimate of drug-likeness (QED) is 0.830. The molecule has 21 heavy (non-hydrogen) atoms. The van der Waals surface area contributed by atoms with Gasteiger partial charge in [0, 0.05) is 6.54 Å². The van der Waals surface area contributed by atoms with Crippen LogP contribution >= 0.6 is 0 Å². The van der Waals surface area contributed by atoms with Gasteiger partial charge in [0.1, 0.15) is 23.7 Å². The molecule has 1 aromatic carbocycles. The Morgan fingerprint density at radius 3 is 2.76 bits per heavy atom. The maximum atomic E-state index is 13.3.